The van der Waals surface area contributed by atoms with Gasteiger partial charge in [-0.25, -0.2) is 0 Å². The van der Waals surface area contributed by atoms with Gasteiger partial charge in [0.05, 0.1) is 6.04 Å². The zero-order chi connectivity index (χ0) is 19.3. The Morgan fingerprint density at radius 3 is 2.36 bits per heavy atom. The van der Waals surface area contributed by atoms with E-state index in [1.807, 2.05) is 48.5 Å². The average Bonchev–Trinajstić information content (AvgIpc) is 2.74. The fourth-order valence-electron chi connectivity index (χ4n) is 3.27. The van der Waals surface area contributed by atoms with E-state index in [2.05, 4.69) is 56.6 Å². The van der Waals surface area contributed by atoms with Crippen LogP contribution in [0, 0.1) is 0 Å². The number of Topliss-reactive ketones (excluding diaryl/α,β-unsaturated/α-hetero) is 1. The van der Waals surface area contributed by atoms with Crippen molar-refractivity contribution < 1.29 is 4.79 Å². The SMILES string of the molecule is O=C(CC(Nc1ccc2ccccc2c1)c1ccncc1)c1ccc(Br)cc1. The van der Waals surface area contributed by atoms with Crippen LogP contribution >= 0.6 is 15.9 Å². The molecule has 0 fully saturated rings. The lowest BCUT2D eigenvalue weighted by Gasteiger charge is -2.20. The smallest absolute Gasteiger partial charge is 0.165 e. The first-order valence-corrected chi connectivity index (χ1v) is 9.92. The third-order valence-electron chi connectivity index (χ3n) is 4.75. The van der Waals surface area contributed by atoms with Crippen LogP contribution in [0.4, 0.5) is 5.69 Å². The van der Waals surface area contributed by atoms with Crippen molar-refractivity contribution in [2.24, 2.45) is 0 Å². The summed E-state index contributed by atoms with van der Waals surface area (Å²) in [6.45, 7) is 0. The first-order valence-electron chi connectivity index (χ1n) is 9.13. The highest BCUT2D eigenvalue weighted by atomic mass is 79.9. The lowest BCUT2D eigenvalue weighted by Crippen LogP contribution is -2.16. The predicted octanol–water partition coefficient (Wildman–Crippen LogP) is 6.42. The van der Waals surface area contributed by atoms with Crippen molar-refractivity contribution in [3.8, 4) is 0 Å². The van der Waals surface area contributed by atoms with Gasteiger partial charge in [-0.15, -0.1) is 0 Å². The Labute approximate surface area is 172 Å². The highest BCUT2D eigenvalue weighted by Crippen LogP contribution is 2.27. The number of halogens is 1. The second-order valence-electron chi connectivity index (χ2n) is 6.67. The maximum atomic E-state index is 12.9. The van der Waals surface area contributed by atoms with Gasteiger partial charge in [-0.1, -0.05) is 58.4 Å². The molecule has 0 aliphatic heterocycles. The van der Waals surface area contributed by atoms with Gasteiger partial charge in [0.2, 0.25) is 0 Å². The molecule has 138 valence electrons. The first-order chi connectivity index (χ1) is 13.7. The van der Waals surface area contributed by atoms with Crippen molar-refractivity contribution in [2.45, 2.75) is 12.5 Å². The summed E-state index contributed by atoms with van der Waals surface area (Å²) >= 11 is 3.42. The number of nitrogens with zero attached hydrogens (tertiary/aromatic N) is 1. The van der Waals surface area contributed by atoms with Crippen molar-refractivity contribution in [3.05, 3.63) is 107 Å². The number of ketones is 1. The summed E-state index contributed by atoms with van der Waals surface area (Å²) in [5.41, 5.74) is 2.74. The van der Waals surface area contributed by atoms with Crippen LogP contribution in [-0.2, 0) is 0 Å². The zero-order valence-corrected chi connectivity index (χ0v) is 16.8. The molecule has 0 saturated heterocycles. The number of anilines is 1. The van der Waals surface area contributed by atoms with Crippen molar-refractivity contribution in [2.75, 3.05) is 5.32 Å². The van der Waals surface area contributed by atoms with Crippen LogP contribution in [0.15, 0.2) is 95.7 Å². The van der Waals surface area contributed by atoms with Crippen LogP contribution in [-0.4, -0.2) is 10.8 Å². The molecular formula is C24H19BrN2O. The molecule has 0 radical (unpaired) electrons. The number of hydrogen-bond donors (Lipinski definition) is 1. The molecule has 4 aromatic rings. The molecule has 1 unspecified atom stereocenters. The number of pyridine rings is 1. The minimum Gasteiger partial charge on any atom is -0.378 e. The number of nitrogens with one attached hydrogen (secondary N) is 1. The van der Waals surface area contributed by atoms with Gasteiger partial charge in [0.1, 0.15) is 0 Å². The van der Waals surface area contributed by atoms with Crippen molar-refractivity contribution >= 4 is 38.2 Å². The molecule has 4 rings (SSSR count). The first kappa shape index (κ1) is 18.4. The molecule has 3 nitrogen and oxygen atoms in total. The predicted molar refractivity (Wildman–Crippen MR) is 118 cm³/mol. The molecule has 1 atom stereocenters. The second kappa shape index (κ2) is 8.36. The Morgan fingerprint density at radius 2 is 1.61 bits per heavy atom. The standard InChI is InChI=1S/C24H19BrN2O/c25-21-8-5-19(6-9-21)24(28)16-23(18-11-13-26-14-12-18)27-22-10-7-17-3-1-2-4-20(17)15-22/h1-15,23,27H,16H2. The monoisotopic (exact) mass is 430 g/mol. The van der Waals surface area contributed by atoms with Gasteiger partial charge >= 0.3 is 0 Å². The summed E-state index contributed by atoms with van der Waals surface area (Å²) in [6, 6.07) is 25.8. The van der Waals surface area contributed by atoms with E-state index in [1.54, 1.807) is 12.4 Å². The van der Waals surface area contributed by atoms with E-state index < -0.39 is 0 Å². The summed E-state index contributed by atoms with van der Waals surface area (Å²) in [7, 11) is 0. The number of carbonyl (C=O) groups is 1. The van der Waals surface area contributed by atoms with Crippen LogP contribution in [0.3, 0.4) is 0 Å². The molecule has 0 bridgehead atoms. The van der Waals surface area contributed by atoms with E-state index in [1.165, 1.54) is 10.8 Å². The molecule has 3 aromatic carbocycles. The van der Waals surface area contributed by atoms with Crippen LogP contribution in [0.25, 0.3) is 10.8 Å². The van der Waals surface area contributed by atoms with Crippen LogP contribution in [0.2, 0.25) is 0 Å². The summed E-state index contributed by atoms with van der Waals surface area (Å²) < 4.78 is 0.962. The number of fused-ring (bicyclic) bond motifs is 1. The Bertz CT molecular complexity index is 1090. The highest BCUT2D eigenvalue weighted by Gasteiger charge is 2.17. The molecular weight excluding hydrogens is 412 g/mol. The topological polar surface area (TPSA) is 42.0 Å². The maximum Gasteiger partial charge on any atom is 0.165 e. The highest BCUT2D eigenvalue weighted by molar-refractivity contribution is 9.10. The Morgan fingerprint density at radius 1 is 0.893 bits per heavy atom. The second-order valence-corrected chi connectivity index (χ2v) is 7.59. The number of hydrogen-bond acceptors (Lipinski definition) is 3. The van der Waals surface area contributed by atoms with Crippen LogP contribution in [0.5, 0.6) is 0 Å². The van der Waals surface area contributed by atoms with Crippen molar-refractivity contribution in [1.29, 1.82) is 0 Å². The minimum atomic E-state index is -0.139. The molecule has 0 amide bonds. The molecule has 4 heteroatoms. The molecule has 0 aliphatic rings. The Balaban J connectivity index is 1.61. The number of benzene rings is 3. The largest absolute Gasteiger partial charge is 0.378 e. The molecule has 28 heavy (non-hydrogen) atoms. The van der Waals surface area contributed by atoms with E-state index in [0.717, 1.165) is 15.7 Å². The van der Waals surface area contributed by atoms with E-state index in [9.17, 15) is 4.79 Å². The molecule has 0 saturated carbocycles. The summed E-state index contributed by atoms with van der Waals surface area (Å²) in [4.78, 5) is 17.0. The van der Waals surface area contributed by atoms with E-state index in [4.69, 9.17) is 0 Å². The molecule has 0 spiro atoms. The third-order valence-corrected chi connectivity index (χ3v) is 5.28. The van der Waals surface area contributed by atoms with Gasteiger partial charge in [0, 0.05) is 34.5 Å². The number of aromatic nitrogens is 1. The van der Waals surface area contributed by atoms with Gasteiger partial charge in [-0.3, -0.25) is 9.78 Å². The summed E-state index contributed by atoms with van der Waals surface area (Å²) in [5.74, 6) is 0.0996. The van der Waals surface area contributed by atoms with E-state index in [0.29, 0.717) is 12.0 Å². The molecule has 0 aliphatic carbocycles. The van der Waals surface area contributed by atoms with Crippen molar-refractivity contribution in [3.63, 3.8) is 0 Å². The normalized spacial score (nSPS) is 11.9. The van der Waals surface area contributed by atoms with Gasteiger partial charge < -0.3 is 5.32 Å². The van der Waals surface area contributed by atoms with E-state index in [-0.39, 0.29) is 11.8 Å². The lowest BCUT2D eigenvalue weighted by molar-refractivity contribution is 0.0976. The van der Waals surface area contributed by atoms with Crippen molar-refractivity contribution in [1.82, 2.24) is 4.98 Å². The van der Waals surface area contributed by atoms with Gasteiger partial charge in [-0.05, 0) is 52.7 Å². The average molecular weight is 431 g/mol. The third kappa shape index (κ3) is 4.29. The lowest BCUT2D eigenvalue weighted by atomic mass is 9.98. The Kier molecular flexibility index (Phi) is 5.49. The van der Waals surface area contributed by atoms with Gasteiger partial charge in [0.15, 0.2) is 5.78 Å². The molecule has 1 aromatic heterocycles. The van der Waals surface area contributed by atoms with Crippen LogP contribution < -0.4 is 5.32 Å². The summed E-state index contributed by atoms with van der Waals surface area (Å²) in [5, 5.41) is 5.90. The quantitative estimate of drug-likeness (QED) is 0.358. The van der Waals surface area contributed by atoms with Crippen LogP contribution in [0.1, 0.15) is 28.4 Å². The molecule has 1 heterocycles. The fourth-order valence-corrected chi connectivity index (χ4v) is 3.53. The number of rotatable bonds is 6. The summed E-state index contributed by atoms with van der Waals surface area (Å²) in [6.07, 6.45) is 3.88. The maximum absolute atomic E-state index is 12.9. The number of carbonyl (C=O) groups excluding carboxylic acids is 1. The van der Waals surface area contributed by atoms with Gasteiger partial charge in [-0.2, -0.15) is 0 Å². The fraction of sp³-hybridized carbons (Fsp3) is 0.0833. The molecule has 1 N–H and O–H groups in total. The van der Waals surface area contributed by atoms with Gasteiger partial charge in [0.25, 0.3) is 0 Å². The van der Waals surface area contributed by atoms with E-state index >= 15 is 0 Å². The Hall–Kier alpha value is -2.98. The zero-order valence-electron chi connectivity index (χ0n) is 15.2. The minimum absolute atomic E-state index is 0.0996.